The number of para-hydroxylation sites is 1. The van der Waals surface area contributed by atoms with E-state index in [9.17, 15) is 4.79 Å². The SMILES string of the molecule is O=C(CSc1ccccc1Br)Nc1ccccc1. The molecule has 0 fully saturated rings. The van der Waals surface area contributed by atoms with Gasteiger partial charge in [0.2, 0.25) is 5.91 Å². The van der Waals surface area contributed by atoms with E-state index < -0.39 is 0 Å². The summed E-state index contributed by atoms with van der Waals surface area (Å²) in [4.78, 5) is 12.8. The Bertz CT molecular complexity index is 530. The van der Waals surface area contributed by atoms with E-state index in [1.165, 1.54) is 11.8 Å². The van der Waals surface area contributed by atoms with E-state index >= 15 is 0 Å². The lowest BCUT2D eigenvalue weighted by Gasteiger charge is -2.05. The van der Waals surface area contributed by atoms with Crippen molar-refractivity contribution in [1.29, 1.82) is 0 Å². The van der Waals surface area contributed by atoms with Gasteiger partial charge in [-0.05, 0) is 40.2 Å². The molecule has 2 aromatic carbocycles. The molecule has 0 aromatic heterocycles. The summed E-state index contributed by atoms with van der Waals surface area (Å²) in [5.74, 6) is 0.402. The average Bonchev–Trinajstić information content (AvgIpc) is 2.39. The third-order valence-corrected chi connectivity index (χ3v) is 4.28. The zero-order chi connectivity index (χ0) is 12.8. The molecule has 0 atom stereocenters. The van der Waals surface area contributed by atoms with Crippen molar-refractivity contribution in [1.82, 2.24) is 0 Å². The molecular formula is C14H12BrNOS. The standard InChI is InChI=1S/C14H12BrNOS/c15-12-8-4-5-9-13(12)18-10-14(17)16-11-6-2-1-3-7-11/h1-9H,10H2,(H,16,17). The number of nitrogens with one attached hydrogen (secondary N) is 1. The maximum atomic E-state index is 11.7. The fourth-order valence-electron chi connectivity index (χ4n) is 1.42. The van der Waals surface area contributed by atoms with Crippen LogP contribution in [0.25, 0.3) is 0 Å². The van der Waals surface area contributed by atoms with Crippen LogP contribution in [0.5, 0.6) is 0 Å². The second kappa shape index (κ2) is 6.61. The van der Waals surface area contributed by atoms with E-state index in [0.717, 1.165) is 15.1 Å². The molecule has 1 amide bonds. The molecule has 2 aromatic rings. The van der Waals surface area contributed by atoms with Crippen molar-refractivity contribution in [2.45, 2.75) is 4.90 Å². The largest absolute Gasteiger partial charge is 0.325 e. The summed E-state index contributed by atoms with van der Waals surface area (Å²) in [5.41, 5.74) is 0.829. The molecule has 18 heavy (non-hydrogen) atoms. The highest BCUT2D eigenvalue weighted by Crippen LogP contribution is 2.26. The molecule has 0 saturated carbocycles. The quantitative estimate of drug-likeness (QED) is 0.856. The van der Waals surface area contributed by atoms with E-state index in [0.29, 0.717) is 5.75 Å². The summed E-state index contributed by atoms with van der Waals surface area (Å²) < 4.78 is 1.02. The lowest BCUT2D eigenvalue weighted by Crippen LogP contribution is -2.13. The van der Waals surface area contributed by atoms with E-state index in [4.69, 9.17) is 0 Å². The number of carbonyl (C=O) groups is 1. The van der Waals surface area contributed by atoms with Crippen LogP contribution in [0, 0.1) is 0 Å². The van der Waals surface area contributed by atoms with Crippen LogP contribution in [0.1, 0.15) is 0 Å². The van der Waals surface area contributed by atoms with Crippen molar-refractivity contribution in [2.24, 2.45) is 0 Å². The number of anilines is 1. The minimum atomic E-state index is 0.00181. The summed E-state index contributed by atoms with van der Waals surface area (Å²) in [6.07, 6.45) is 0. The smallest absolute Gasteiger partial charge is 0.234 e. The molecule has 0 aliphatic carbocycles. The topological polar surface area (TPSA) is 29.1 Å². The first kappa shape index (κ1) is 13.2. The molecule has 2 rings (SSSR count). The Labute approximate surface area is 119 Å². The number of carbonyl (C=O) groups excluding carboxylic acids is 1. The Morgan fingerprint density at radius 1 is 1.06 bits per heavy atom. The second-order valence-corrected chi connectivity index (χ2v) is 5.50. The van der Waals surface area contributed by atoms with Gasteiger partial charge in [0.25, 0.3) is 0 Å². The third kappa shape index (κ3) is 3.89. The van der Waals surface area contributed by atoms with Crippen molar-refractivity contribution >= 4 is 39.3 Å². The van der Waals surface area contributed by atoms with Gasteiger partial charge < -0.3 is 5.32 Å². The van der Waals surface area contributed by atoms with Crippen LogP contribution in [-0.4, -0.2) is 11.7 Å². The lowest BCUT2D eigenvalue weighted by atomic mass is 10.3. The first-order valence-corrected chi connectivity index (χ1v) is 7.26. The van der Waals surface area contributed by atoms with Crippen LogP contribution in [0.15, 0.2) is 64.0 Å². The average molecular weight is 322 g/mol. The van der Waals surface area contributed by atoms with Gasteiger partial charge in [0.1, 0.15) is 0 Å². The fourth-order valence-corrected chi connectivity index (χ4v) is 2.79. The first-order chi connectivity index (χ1) is 8.75. The Hall–Kier alpha value is -1.26. The maximum Gasteiger partial charge on any atom is 0.234 e. The van der Waals surface area contributed by atoms with E-state index in [1.54, 1.807) is 0 Å². The van der Waals surface area contributed by atoms with Gasteiger partial charge in [-0.1, -0.05) is 30.3 Å². The van der Waals surface area contributed by atoms with Gasteiger partial charge in [-0.2, -0.15) is 0 Å². The van der Waals surface area contributed by atoms with E-state index in [2.05, 4.69) is 21.2 Å². The lowest BCUT2D eigenvalue weighted by molar-refractivity contribution is -0.113. The Kier molecular flexibility index (Phi) is 4.84. The minimum absolute atomic E-state index is 0.00181. The predicted molar refractivity (Wildman–Crippen MR) is 79.9 cm³/mol. The van der Waals surface area contributed by atoms with Crippen LogP contribution < -0.4 is 5.32 Å². The Balaban J connectivity index is 1.88. The molecule has 0 saturated heterocycles. The summed E-state index contributed by atoms with van der Waals surface area (Å²) in [5, 5.41) is 2.86. The highest BCUT2D eigenvalue weighted by atomic mass is 79.9. The Morgan fingerprint density at radius 3 is 2.44 bits per heavy atom. The molecule has 0 unspecified atom stereocenters. The van der Waals surface area contributed by atoms with Gasteiger partial charge in [0.15, 0.2) is 0 Å². The van der Waals surface area contributed by atoms with Crippen LogP contribution in [0.3, 0.4) is 0 Å². The molecule has 0 radical (unpaired) electrons. The van der Waals surface area contributed by atoms with Gasteiger partial charge in [-0.25, -0.2) is 0 Å². The summed E-state index contributed by atoms with van der Waals surface area (Å²) in [6, 6.07) is 17.4. The zero-order valence-electron chi connectivity index (χ0n) is 9.60. The van der Waals surface area contributed by atoms with Crippen LogP contribution in [-0.2, 0) is 4.79 Å². The fraction of sp³-hybridized carbons (Fsp3) is 0.0714. The second-order valence-electron chi connectivity index (χ2n) is 3.63. The van der Waals surface area contributed by atoms with Gasteiger partial charge in [-0.15, -0.1) is 11.8 Å². The van der Waals surface area contributed by atoms with Gasteiger partial charge in [0.05, 0.1) is 5.75 Å². The van der Waals surface area contributed by atoms with Crippen molar-refractivity contribution in [2.75, 3.05) is 11.1 Å². The summed E-state index contributed by atoms with van der Waals surface area (Å²) in [6.45, 7) is 0. The number of benzene rings is 2. The predicted octanol–water partition coefficient (Wildman–Crippen LogP) is 4.18. The first-order valence-electron chi connectivity index (χ1n) is 5.48. The molecule has 2 nitrogen and oxygen atoms in total. The normalized spacial score (nSPS) is 10.1. The van der Waals surface area contributed by atoms with Crippen molar-refractivity contribution in [3.63, 3.8) is 0 Å². The van der Waals surface area contributed by atoms with E-state index in [1.807, 2.05) is 54.6 Å². The monoisotopic (exact) mass is 321 g/mol. The summed E-state index contributed by atoms with van der Waals surface area (Å²) in [7, 11) is 0. The van der Waals surface area contributed by atoms with Crippen molar-refractivity contribution in [3.8, 4) is 0 Å². The highest BCUT2D eigenvalue weighted by Gasteiger charge is 2.05. The number of hydrogen-bond donors (Lipinski definition) is 1. The summed E-state index contributed by atoms with van der Waals surface area (Å²) >= 11 is 4.98. The van der Waals surface area contributed by atoms with Gasteiger partial charge in [-0.3, -0.25) is 4.79 Å². The molecule has 0 aliphatic rings. The minimum Gasteiger partial charge on any atom is -0.325 e. The Morgan fingerprint density at radius 2 is 1.72 bits per heavy atom. The molecular weight excluding hydrogens is 310 g/mol. The number of rotatable bonds is 4. The van der Waals surface area contributed by atoms with E-state index in [-0.39, 0.29) is 5.91 Å². The number of hydrogen-bond acceptors (Lipinski definition) is 2. The molecule has 0 aliphatic heterocycles. The van der Waals surface area contributed by atoms with Gasteiger partial charge in [0, 0.05) is 15.1 Å². The van der Waals surface area contributed by atoms with Crippen LogP contribution >= 0.6 is 27.7 Å². The number of thioether (sulfide) groups is 1. The maximum absolute atomic E-state index is 11.7. The van der Waals surface area contributed by atoms with Crippen LogP contribution in [0.2, 0.25) is 0 Å². The van der Waals surface area contributed by atoms with Crippen molar-refractivity contribution in [3.05, 3.63) is 59.1 Å². The zero-order valence-corrected chi connectivity index (χ0v) is 12.0. The molecule has 1 N–H and O–H groups in total. The molecule has 0 heterocycles. The van der Waals surface area contributed by atoms with Crippen molar-refractivity contribution < 1.29 is 4.79 Å². The third-order valence-electron chi connectivity index (χ3n) is 2.25. The molecule has 0 spiro atoms. The highest BCUT2D eigenvalue weighted by molar-refractivity contribution is 9.10. The van der Waals surface area contributed by atoms with Crippen LogP contribution in [0.4, 0.5) is 5.69 Å². The molecule has 4 heteroatoms. The number of halogens is 1. The molecule has 92 valence electrons. The number of amides is 1. The molecule has 0 bridgehead atoms. The van der Waals surface area contributed by atoms with Gasteiger partial charge >= 0.3 is 0 Å².